The molecule has 2 aliphatic heterocycles. The van der Waals surface area contributed by atoms with E-state index < -0.39 is 34.8 Å². The van der Waals surface area contributed by atoms with Gasteiger partial charge in [0.1, 0.15) is 5.54 Å². The normalized spacial score (nSPS) is 29.4. The van der Waals surface area contributed by atoms with Crippen LogP contribution in [0.25, 0.3) is 0 Å². The van der Waals surface area contributed by atoms with E-state index in [1.807, 2.05) is 0 Å². The number of rotatable bonds is 8. The molecular formula is C11H23BN4O6S. The van der Waals surface area contributed by atoms with Crippen molar-refractivity contribution in [1.29, 1.82) is 0 Å². The smallest absolute Gasteiger partial charge is 0.451 e. The maximum Gasteiger partial charge on any atom is 0.451 e. The molecule has 2 saturated heterocycles. The van der Waals surface area contributed by atoms with Gasteiger partial charge in [0.05, 0.1) is 0 Å². The van der Waals surface area contributed by atoms with E-state index in [9.17, 15) is 18.3 Å². The van der Waals surface area contributed by atoms with Crippen molar-refractivity contribution in [2.75, 3.05) is 26.2 Å². The third-order valence-corrected chi connectivity index (χ3v) is 6.03. The van der Waals surface area contributed by atoms with Gasteiger partial charge in [0.25, 0.3) is 10.2 Å². The van der Waals surface area contributed by atoms with Crippen LogP contribution >= 0.6 is 0 Å². The molecule has 132 valence electrons. The van der Waals surface area contributed by atoms with Gasteiger partial charge in [0.2, 0.25) is 0 Å². The van der Waals surface area contributed by atoms with Crippen molar-refractivity contribution in [3.63, 3.8) is 0 Å². The van der Waals surface area contributed by atoms with Crippen LogP contribution in [0.5, 0.6) is 0 Å². The van der Waals surface area contributed by atoms with Crippen LogP contribution in [0.4, 0.5) is 0 Å². The fraction of sp³-hybridized carbons (Fsp3) is 0.909. The second-order valence-corrected chi connectivity index (χ2v) is 7.93. The van der Waals surface area contributed by atoms with Gasteiger partial charge in [-0.05, 0) is 12.7 Å². The highest BCUT2D eigenvalue weighted by Gasteiger charge is 2.52. The van der Waals surface area contributed by atoms with E-state index in [4.69, 9.17) is 15.8 Å². The van der Waals surface area contributed by atoms with Gasteiger partial charge in [-0.1, -0.05) is 6.42 Å². The van der Waals surface area contributed by atoms with E-state index in [0.29, 0.717) is 25.9 Å². The summed E-state index contributed by atoms with van der Waals surface area (Å²) in [4.78, 5) is 11.5. The van der Waals surface area contributed by atoms with Gasteiger partial charge < -0.3 is 26.2 Å². The van der Waals surface area contributed by atoms with Crippen LogP contribution in [-0.4, -0.2) is 78.7 Å². The third-order valence-electron chi connectivity index (χ3n) is 4.44. The summed E-state index contributed by atoms with van der Waals surface area (Å²) in [5, 5.41) is 30.1. The van der Waals surface area contributed by atoms with E-state index in [-0.39, 0.29) is 25.5 Å². The Labute approximate surface area is 135 Å². The largest absolute Gasteiger partial charge is 0.480 e. The summed E-state index contributed by atoms with van der Waals surface area (Å²) in [6.07, 6.45) is 0.741. The van der Waals surface area contributed by atoms with Crippen LogP contribution < -0.4 is 15.8 Å². The van der Waals surface area contributed by atoms with Crippen LogP contribution in [0.2, 0.25) is 6.32 Å². The molecule has 0 saturated carbocycles. The summed E-state index contributed by atoms with van der Waals surface area (Å²) in [5.41, 5.74) is 4.28. The highest BCUT2D eigenvalue weighted by atomic mass is 32.2. The first kappa shape index (κ1) is 18.6. The molecule has 7 N–H and O–H groups in total. The average Bonchev–Trinajstić information content (AvgIpc) is 2.74. The van der Waals surface area contributed by atoms with Gasteiger partial charge in [-0.2, -0.15) is 17.4 Å². The van der Waals surface area contributed by atoms with Crippen molar-refractivity contribution < 1.29 is 28.4 Å². The number of carboxylic acids is 1. The van der Waals surface area contributed by atoms with E-state index in [1.165, 1.54) is 0 Å². The molecule has 2 rings (SSSR count). The minimum absolute atomic E-state index is 0.000193. The molecule has 0 aromatic heterocycles. The van der Waals surface area contributed by atoms with E-state index in [1.54, 1.807) is 0 Å². The summed E-state index contributed by atoms with van der Waals surface area (Å²) in [6, 6.07) is -0.194. The first-order valence-corrected chi connectivity index (χ1v) is 8.95. The second kappa shape index (κ2) is 7.01. The van der Waals surface area contributed by atoms with Crippen LogP contribution in [-0.2, 0) is 15.0 Å². The van der Waals surface area contributed by atoms with Crippen LogP contribution in [0, 0.1) is 5.92 Å². The predicted octanol–water partition coefficient (Wildman–Crippen LogP) is -3.24. The Morgan fingerprint density at radius 3 is 2.57 bits per heavy atom. The molecule has 0 bridgehead atoms. The average molecular weight is 350 g/mol. The molecule has 0 radical (unpaired) electrons. The van der Waals surface area contributed by atoms with Gasteiger partial charge in [0.15, 0.2) is 0 Å². The lowest BCUT2D eigenvalue weighted by molar-refractivity contribution is -0.144. The maximum atomic E-state index is 12.3. The quantitative estimate of drug-likeness (QED) is 0.249. The first-order valence-electron chi connectivity index (χ1n) is 7.51. The lowest BCUT2D eigenvalue weighted by Crippen LogP contribution is -2.60. The second-order valence-electron chi connectivity index (χ2n) is 6.22. The summed E-state index contributed by atoms with van der Waals surface area (Å²) in [6.45, 7) is 0.777. The molecule has 2 aliphatic rings. The summed E-state index contributed by atoms with van der Waals surface area (Å²) < 4.78 is 28.2. The zero-order valence-corrected chi connectivity index (χ0v) is 13.5. The minimum Gasteiger partial charge on any atom is -0.480 e. The molecule has 2 fully saturated rings. The number of nitrogens with two attached hydrogens (primary N) is 1. The number of nitrogens with zero attached hydrogens (tertiary/aromatic N) is 1. The Hall–Kier alpha value is -0.755. The van der Waals surface area contributed by atoms with Gasteiger partial charge >= 0.3 is 13.1 Å². The molecule has 23 heavy (non-hydrogen) atoms. The number of hydrogen-bond donors (Lipinski definition) is 6. The summed E-state index contributed by atoms with van der Waals surface area (Å²) >= 11 is 0. The van der Waals surface area contributed by atoms with Crippen molar-refractivity contribution in [3.05, 3.63) is 0 Å². The van der Waals surface area contributed by atoms with Gasteiger partial charge in [-0.15, -0.1) is 0 Å². The fourth-order valence-electron chi connectivity index (χ4n) is 2.87. The first-order chi connectivity index (χ1) is 10.6. The Morgan fingerprint density at radius 2 is 2.09 bits per heavy atom. The lowest BCUT2D eigenvalue weighted by Gasteiger charge is -2.30. The molecule has 2 atom stereocenters. The molecule has 0 aromatic rings. The highest BCUT2D eigenvalue weighted by Crippen LogP contribution is 2.31. The molecule has 0 spiro atoms. The number of carboxylic acid groups (broad SMARTS) is 1. The Balaban J connectivity index is 2.04. The molecule has 2 heterocycles. The van der Waals surface area contributed by atoms with E-state index in [2.05, 4.69) is 10.0 Å². The van der Waals surface area contributed by atoms with E-state index in [0.717, 1.165) is 4.31 Å². The van der Waals surface area contributed by atoms with Crippen LogP contribution in [0.1, 0.15) is 12.8 Å². The van der Waals surface area contributed by atoms with Crippen molar-refractivity contribution in [1.82, 2.24) is 14.3 Å². The van der Waals surface area contributed by atoms with Crippen molar-refractivity contribution in [3.8, 4) is 0 Å². The molecule has 0 amide bonds. The molecule has 0 unspecified atom stereocenters. The summed E-state index contributed by atoms with van der Waals surface area (Å²) in [7, 11) is -5.27. The van der Waals surface area contributed by atoms with Crippen molar-refractivity contribution in [2.24, 2.45) is 11.7 Å². The number of aliphatic carboxylic acids is 1. The van der Waals surface area contributed by atoms with Gasteiger partial charge in [-0.25, -0.2) is 0 Å². The number of hydrogen-bond acceptors (Lipinski definition) is 7. The van der Waals surface area contributed by atoms with Crippen molar-refractivity contribution in [2.45, 2.75) is 30.7 Å². The fourth-order valence-corrected chi connectivity index (χ4v) is 4.37. The predicted molar refractivity (Wildman–Crippen MR) is 82.6 cm³/mol. The molecule has 0 aromatic carbocycles. The minimum atomic E-state index is -3.80. The van der Waals surface area contributed by atoms with Gasteiger partial charge in [0, 0.05) is 38.1 Å². The Morgan fingerprint density at radius 1 is 1.43 bits per heavy atom. The number of nitrogens with one attached hydrogen (secondary N) is 2. The SMILES string of the molecule is N[C@]1(C(=O)O)CN(S(=O)(=O)NC2CNC2)C[C@H]1CCCB(O)O. The zero-order chi connectivity index (χ0) is 17.3. The number of carbonyl (C=O) groups is 1. The molecule has 0 aliphatic carbocycles. The summed E-state index contributed by atoms with van der Waals surface area (Å²) in [5.74, 6) is -1.84. The highest BCUT2D eigenvalue weighted by molar-refractivity contribution is 7.87. The monoisotopic (exact) mass is 350 g/mol. The maximum absolute atomic E-state index is 12.3. The molecule has 10 nitrogen and oxygen atoms in total. The Bertz CT molecular complexity index is 543. The molecule has 12 heteroatoms. The standard InChI is InChI=1S/C11H23BN4O6S/c13-11(10(17)18)7-16(6-8(11)2-1-3-12(19)20)23(21,22)15-9-4-14-5-9/h8-9,14-15,19-20H,1-7,13H2,(H,17,18)/t8-,11-/m1/s1. The van der Waals surface area contributed by atoms with Gasteiger partial charge in [-0.3, -0.25) is 4.79 Å². The zero-order valence-electron chi connectivity index (χ0n) is 12.7. The van der Waals surface area contributed by atoms with Crippen molar-refractivity contribution >= 4 is 23.3 Å². The lowest BCUT2D eigenvalue weighted by atomic mass is 9.78. The van der Waals surface area contributed by atoms with E-state index >= 15 is 0 Å². The molecular weight excluding hydrogens is 327 g/mol. The van der Waals surface area contributed by atoms with Crippen LogP contribution in [0.3, 0.4) is 0 Å². The Kier molecular flexibility index (Phi) is 5.66. The van der Waals surface area contributed by atoms with Crippen LogP contribution in [0.15, 0.2) is 0 Å². The topological polar surface area (TPSA) is 165 Å². The third kappa shape index (κ3) is 4.21.